The maximum atomic E-state index is 12.8. The van der Waals surface area contributed by atoms with E-state index < -0.39 is 0 Å². The van der Waals surface area contributed by atoms with Gasteiger partial charge in [0.05, 0.1) is 23.8 Å². The third-order valence-electron chi connectivity index (χ3n) is 4.89. The molecule has 3 aromatic rings. The fraction of sp³-hybridized carbons (Fsp3) is 0.368. The van der Waals surface area contributed by atoms with Gasteiger partial charge in [-0.15, -0.1) is 0 Å². The number of hydrogen-bond acceptors (Lipinski definition) is 5. The number of aromatic nitrogens is 4. The summed E-state index contributed by atoms with van der Waals surface area (Å²) >= 11 is 0. The standard InChI is InChI=1S/C19H21N5O2/c1-12-18(13(2)26-22-12)14-6-7-15(20-9-14)17-5-4-8-24(17)19(25)16-10-23(3)11-21-16/h6-7,9-11,17H,4-5,8H2,1-3H3/t17-/m1/s1. The summed E-state index contributed by atoms with van der Waals surface area (Å²) in [5.41, 5.74) is 4.20. The Hall–Kier alpha value is -2.96. The molecule has 1 saturated heterocycles. The van der Waals surface area contributed by atoms with Gasteiger partial charge in [0.1, 0.15) is 11.5 Å². The molecule has 134 valence electrons. The molecule has 7 heteroatoms. The van der Waals surface area contributed by atoms with Crippen molar-refractivity contribution in [3.05, 3.63) is 53.7 Å². The number of aryl methyl sites for hydroxylation is 3. The summed E-state index contributed by atoms with van der Waals surface area (Å²) in [5.74, 6) is 0.745. The van der Waals surface area contributed by atoms with Crippen LogP contribution in [0.2, 0.25) is 0 Å². The van der Waals surface area contributed by atoms with Crippen molar-refractivity contribution in [3.63, 3.8) is 0 Å². The summed E-state index contributed by atoms with van der Waals surface area (Å²) in [6.45, 7) is 4.55. The van der Waals surface area contributed by atoms with Crippen molar-refractivity contribution < 1.29 is 9.32 Å². The molecule has 0 radical (unpaired) electrons. The van der Waals surface area contributed by atoms with Crippen molar-refractivity contribution in [2.75, 3.05) is 6.54 Å². The highest BCUT2D eigenvalue weighted by Crippen LogP contribution is 2.33. The molecule has 1 amide bonds. The fourth-order valence-electron chi connectivity index (χ4n) is 3.63. The lowest BCUT2D eigenvalue weighted by Crippen LogP contribution is -2.31. The molecule has 0 N–H and O–H groups in total. The van der Waals surface area contributed by atoms with Crippen LogP contribution in [0, 0.1) is 13.8 Å². The molecule has 0 unspecified atom stereocenters. The zero-order chi connectivity index (χ0) is 18.3. The number of nitrogens with zero attached hydrogens (tertiary/aromatic N) is 5. The molecule has 1 aliphatic rings. The Morgan fingerprint density at radius 3 is 2.73 bits per heavy atom. The van der Waals surface area contributed by atoms with Gasteiger partial charge in [-0.2, -0.15) is 0 Å². The Balaban J connectivity index is 1.59. The van der Waals surface area contributed by atoms with E-state index in [0.29, 0.717) is 5.69 Å². The molecule has 0 aromatic carbocycles. The second-order valence-corrected chi connectivity index (χ2v) is 6.75. The van der Waals surface area contributed by atoms with E-state index in [2.05, 4.69) is 15.1 Å². The highest BCUT2D eigenvalue weighted by Gasteiger charge is 2.32. The van der Waals surface area contributed by atoms with Crippen molar-refractivity contribution in [1.82, 2.24) is 24.6 Å². The van der Waals surface area contributed by atoms with E-state index >= 15 is 0 Å². The molecule has 3 aromatic heterocycles. The van der Waals surface area contributed by atoms with Crippen LogP contribution in [0.1, 0.15) is 46.5 Å². The van der Waals surface area contributed by atoms with Crippen LogP contribution < -0.4 is 0 Å². The minimum absolute atomic E-state index is 0.0109. The maximum absolute atomic E-state index is 12.8. The second kappa shape index (κ2) is 6.40. The minimum atomic E-state index is -0.0373. The summed E-state index contributed by atoms with van der Waals surface area (Å²) < 4.78 is 7.03. The fourth-order valence-corrected chi connectivity index (χ4v) is 3.63. The second-order valence-electron chi connectivity index (χ2n) is 6.75. The van der Waals surface area contributed by atoms with Crippen molar-refractivity contribution in [3.8, 4) is 11.1 Å². The van der Waals surface area contributed by atoms with Gasteiger partial charge in [-0.1, -0.05) is 11.2 Å². The van der Waals surface area contributed by atoms with Gasteiger partial charge in [0, 0.05) is 37.1 Å². The first-order valence-corrected chi connectivity index (χ1v) is 8.72. The predicted molar refractivity (Wildman–Crippen MR) is 95.4 cm³/mol. The number of carbonyl (C=O) groups excluding carboxylic acids is 1. The highest BCUT2D eigenvalue weighted by atomic mass is 16.5. The lowest BCUT2D eigenvalue weighted by atomic mass is 10.0. The normalized spacial score (nSPS) is 17.0. The summed E-state index contributed by atoms with van der Waals surface area (Å²) in [6.07, 6.45) is 7.12. The van der Waals surface area contributed by atoms with E-state index in [1.807, 2.05) is 44.1 Å². The number of carbonyl (C=O) groups is 1. The molecule has 0 saturated carbocycles. The topological polar surface area (TPSA) is 77.0 Å². The number of pyridine rings is 1. The van der Waals surface area contributed by atoms with E-state index in [9.17, 15) is 4.79 Å². The van der Waals surface area contributed by atoms with Gasteiger partial charge in [0.25, 0.3) is 5.91 Å². The lowest BCUT2D eigenvalue weighted by Gasteiger charge is -2.23. The summed E-state index contributed by atoms with van der Waals surface area (Å²) in [7, 11) is 1.86. The van der Waals surface area contributed by atoms with Crippen molar-refractivity contribution in [2.45, 2.75) is 32.7 Å². The number of likely N-dealkylation sites (tertiary alicyclic amines) is 1. The van der Waals surface area contributed by atoms with E-state index in [4.69, 9.17) is 4.52 Å². The van der Waals surface area contributed by atoms with Gasteiger partial charge in [0.2, 0.25) is 0 Å². The van der Waals surface area contributed by atoms with Crippen LogP contribution in [0.5, 0.6) is 0 Å². The third kappa shape index (κ3) is 2.79. The number of rotatable bonds is 3. The zero-order valence-electron chi connectivity index (χ0n) is 15.1. The van der Waals surface area contributed by atoms with E-state index in [1.165, 1.54) is 0 Å². The van der Waals surface area contributed by atoms with Crippen LogP contribution in [0.3, 0.4) is 0 Å². The third-order valence-corrected chi connectivity index (χ3v) is 4.89. The van der Waals surface area contributed by atoms with Gasteiger partial charge < -0.3 is 14.0 Å². The number of amides is 1. The first-order valence-electron chi connectivity index (χ1n) is 8.72. The quantitative estimate of drug-likeness (QED) is 0.725. The molecular weight excluding hydrogens is 330 g/mol. The zero-order valence-corrected chi connectivity index (χ0v) is 15.1. The molecule has 0 aliphatic carbocycles. The smallest absolute Gasteiger partial charge is 0.274 e. The van der Waals surface area contributed by atoms with Gasteiger partial charge in [-0.3, -0.25) is 9.78 Å². The van der Waals surface area contributed by atoms with Crippen LogP contribution in [0.15, 0.2) is 35.4 Å². The van der Waals surface area contributed by atoms with Gasteiger partial charge >= 0.3 is 0 Å². The SMILES string of the molecule is Cc1noc(C)c1-c1ccc([C@H]2CCCN2C(=O)c2cn(C)cn2)nc1. The molecule has 7 nitrogen and oxygen atoms in total. The lowest BCUT2D eigenvalue weighted by molar-refractivity contribution is 0.0727. The molecule has 26 heavy (non-hydrogen) atoms. The number of hydrogen-bond donors (Lipinski definition) is 0. The average Bonchev–Trinajstić information content (AvgIpc) is 3.35. The Labute approximate surface area is 151 Å². The van der Waals surface area contributed by atoms with Crippen molar-refractivity contribution in [1.29, 1.82) is 0 Å². The summed E-state index contributed by atoms with van der Waals surface area (Å²) in [6, 6.07) is 4.01. The van der Waals surface area contributed by atoms with Crippen LogP contribution in [0.25, 0.3) is 11.1 Å². The van der Waals surface area contributed by atoms with E-state index in [-0.39, 0.29) is 11.9 Å². The van der Waals surface area contributed by atoms with Crippen molar-refractivity contribution >= 4 is 5.91 Å². The van der Waals surface area contributed by atoms with Gasteiger partial charge in [-0.25, -0.2) is 4.98 Å². The summed E-state index contributed by atoms with van der Waals surface area (Å²) in [5, 5.41) is 4.00. The molecule has 1 fully saturated rings. The van der Waals surface area contributed by atoms with Gasteiger partial charge in [-0.05, 0) is 32.8 Å². The minimum Gasteiger partial charge on any atom is -0.361 e. The predicted octanol–water partition coefficient (Wildman–Crippen LogP) is 3.06. The number of imidazole rings is 1. The highest BCUT2D eigenvalue weighted by molar-refractivity contribution is 5.92. The molecule has 0 spiro atoms. The van der Waals surface area contributed by atoms with Crippen LogP contribution in [-0.2, 0) is 7.05 Å². The molecule has 4 rings (SSSR count). The average molecular weight is 351 g/mol. The Morgan fingerprint density at radius 1 is 1.27 bits per heavy atom. The molecular formula is C19H21N5O2. The Bertz CT molecular complexity index is 922. The van der Waals surface area contributed by atoms with Crippen LogP contribution in [-0.4, -0.2) is 37.0 Å². The maximum Gasteiger partial charge on any atom is 0.274 e. The van der Waals surface area contributed by atoms with E-state index in [0.717, 1.165) is 47.7 Å². The molecule has 0 bridgehead atoms. The summed E-state index contributed by atoms with van der Waals surface area (Å²) in [4.78, 5) is 23.5. The molecule has 4 heterocycles. The Kier molecular flexibility index (Phi) is 4.06. The first kappa shape index (κ1) is 16.5. The largest absolute Gasteiger partial charge is 0.361 e. The monoisotopic (exact) mass is 351 g/mol. The Morgan fingerprint density at radius 2 is 2.12 bits per heavy atom. The van der Waals surface area contributed by atoms with Gasteiger partial charge in [0.15, 0.2) is 0 Å². The van der Waals surface area contributed by atoms with E-state index in [1.54, 1.807) is 17.1 Å². The van der Waals surface area contributed by atoms with Crippen LogP contribution in [0.4, 0.5) is 0 Å². The van der Waals surface area contributed by atoms with Crippen molar-refractivity contribution in [2.24, 2.45) is 7.05 Å². The molecule has 1 aliphatic heterocycles. The molecule has 1 atom stereocenters. The first-order chi connectivity index (χ1) is 12.5. The van der Waals surface area contributed by atoms with Crippen LogP contribution >= 0.6 is 0 Å².